The highest BCUT2D eigenvalue weighted by molar-refractivity contribution is 8.05. The van der Waals surface area contributed by atoms with Gasteiger partial charge in [-0.25, -0.2) is 0 Å². The Morgan fingerprint density at radius 2 is 0.923 bits per heavy atom. The molecule has 2 heteroatoms. The van der Waals surface area contributed by atoms with Gasteiger partial charge in [0.1, 0.15) is 0 Å². The van der Waals surface area contributed by atoms with Crippen LogP contribution in [0.3, 0.4) is 0 Å². The van der Waals surface area contributed by atoms with Crippen molar-refractivity contribution in [3.05, 3.63) is 68.2 Å². The molecule has 0 atom stereocenters. The van der Waals surface area contributed by atoms with Crippen molar-refractivity contribution in [1.82, 2.24) is 0 Å². The maximum atomic E-state index is 2.35. The van der Waals surface area contributed by atoms with Gasteiger partial charge in [0.15, 0.2) is 0 Å². The molecule has 0 N–H and O–H groups in total. The molecule has 0 aliphatic heterocycles. The van der Waals surface area contributed by atoms with E-state index in [0.29, 0.717) is 0 Å². The standard InChI is InChI=1S/C24H30S2/c1-3-7-23(8-4-1)19-25-17-15-21-11-13-22(14-12-21)16-18-26-20-24-9-5-2-6-10-24/h11-20H,1-10H2/b17-15+,18-16+. The van der Waals surface area contributed by atoms with E-state index < -0.39 is 0 Å². The number of thioether (sulfide) groups is 2. The zero-order valence-corrected chi connectivity index (χ0v) is 17.3. The van der Waals surface area contributed by atoms with Crippen LogP contribution in [0.15, 0.2) is 57.0 Å². The van der Waals surface area contributed by atoms with Gasteiger partial charge in [0, 0.05) is 0 Å². The summed E-state index contributed by atoms with van der Waals surface area (Å²) in [5.74, 6) is 0. The van der Waals surface area contributed by atoms with Crippen LogP contribution in [0.1, 0.15) is 75.3 Å². The quantitative estimate of drug-likeness (QED) is 0.482. The highest BCUT2D eigenvalue weighted by Crippen LogP contribution is 2.26. The Kier molecular flexibility index (Phi) is 8.73. The van der Waals surface area contributed by atoms with Crippen molar-refractivity contribution in [2.75, 3.05) is 0 Å². The molecule has 3 rings (SSSR count). The number of allylic oxidation sites excluding steroid dienone is 2. The lowest BCUT2D eigenvalue weighted by molar-refractivity contribution is 0.600. The van der Waals surface area contributed by atoms with Crippen molar-refractivity contribution >= 4 is 35.7 Å². The molecule has 0 spiro atoms. The maximum absolute atomic E-state index is 2.35. The second kappa shape index (κ2) is 11.6. The average molecular weight is 383 g/mol. The first-order valence-electron chi connectivity index (χ1n) is 10.00. The van der Waals surface area contributed by atoms with E-state index in [-0.39, 0.29) is 0 Å². The topological polar surface area (TPSA) is 0 Å². The van der Waals surface area contributed by atoms with Gasteiger partial charge in [-0.05, 0) is 96.3 Å². The van der Waals surface area contributed by atoms with Crippen molar-refractivity contribution in [3.63, 3.8) is 0 Å². The molecule has 2 aliphatic rings. The lowest BCUT2D eigenvalue weighted by Crippen LogP contribution is -1.92. The van der Waals surface area contributed by atoms with Gasteiger partial charge < -0.3 is 0 Å². The van der Waals surface area contributed by atoms with E-state index in [1.165, 1.54) is 75.3 Å². The molecular weight excluding hydrogens is 352 g/mol. The van der Waals surface area contributed by atoms with Gasteiger partial charge in [0.25, 0.3) is 0 Å². The van der Waals surface area contributed by atoms with Crippen LogP contribution >= 0.6 is 23.5 Å². The SMILES string of the molecule is C(S/C=C/c1ccc(/C=C/SC=C2CCCCC2)cc1)=C1CCCCC1. The molecule has 0 unspecified atom stereocenters. The molecule has 0 radical (unpaired) electrons. The Balaban J connectivity index is 1.42. The molecule has 0 heterocycles. The summed E-state index contributed by atoms with van der Waals surface area (Å²) in [6.45, 7) is 0. The van der Waals surface area contributed by atoms with Gasteiger partial charge in [0.05, 0.1) is 0 Å². The van der Waals surface area contributed by atoms with Crippen LogP contribution in [-0.4, -0.2) is 0 Å². The van der Waals surface area contributed by atoms with E-state index in [4.69, 9.17) is 0 Å². The average Bonchev–Trinajstić information content (AvgIpc) is 2.71. The van der Waals surface area contributed by atoms with Crippen LogP contribution in [0.25, 0.3) is 12.2 Å². The molecule has 138 valence electrons. The molecule has 2 aliphatic carbocycles. The molecule has 0 nitrogen and oxygen atoms in total. The summed E-state index contributed by atoms with van der Waals surface area (Å²) >= 11 is 3.65. The molecule has 0 aromatic heterocycles. The van der Waals surface area contributed by atoms with Crippen LogP contribution < -0.4 is 0 Å². The third-order valence-electron chi connectivity index (χ3n) is 5.08. The molecule has 0 amide bonds. The van der Waals surface area contributed by atoms with Crippen molar-refractivity contribution in [3.8, 4) is 0 Å². The fraction of sp³-hybridized carbons (Fsp3) is 0.417. The summed E-state index contributed by atoms with van der Waals surface area (Å²) in [6, 6.07) is 8.81. The van der Waals surface area contributed by atoms with Crippen molar-refractivity contribution < 1.29 is 0 Å². The van der Waals surface area contributed by atoms with E-state index in [9.17, 15) is 0 Å². The normalized spacial score (nSPS) is 18.6. The van der Waals surface area contributed by atoms with Crippen molar-refractivity contribution in [2.45, 2.75) is 64.2 Å². The van der Waals surface area contributed by atoms with Crippen molar-refractivity contribution in [1.29, 1.82) is 0 Å². The molecule has 26 heavy (non-hydrogen) atoms. The Morgan fingerprint density at radius 3 is 1.31 bits per heavy atom. The van der Waals surface area contributed by atoms with Crippen LogP contribution in [0.2, 0.25) is 0 Å². The maximum Gasteiger partial charge on any atom is -0.0242 e. The number of rotatable bonds is 6. The fourth-order valence-corrected chi connectivity index (χ4v) is 4.96. The summed E-state index contributed by atoms with van der Waals surface area (Å²) in [4.78, 5) is 0. The minimum Gasteiger partial charge on any atom is -0.106 e. The van der Waals surface area contributed by atoms with Crippen LogP contribution in [-0.2, 0) is 0 Å². The second-order valence-electron chi connectivity index (χ2n) is 7.22. The summed E-state index contributed by atoms with van der Waals surface area (Å²) < 4.78 is 0. The first-order chi connectivity index (χ1) is 12.9. The molecule has 1 aromatic rings. The molecular formula is C24H30S2. The number of hydrogen-bond donors (Lipinski definition) is 0. The first kappa shape index (κ1) is 19.6. The Hall–Kier alpha value is -1.12. The minimum atomic E-state index is 1.27. The van der Waals surface area contributed by atoms with E-state index in [2.05, 4.69) is 58.0 Å². The molecule has 1 aromatic carbocycles. The molecule has 0 saturated heterocycles. The van der Waals surface area contributed by atoms with E-state index in [0.717, 1.165) is 0 Å². The predicted octanol–water partition coefficient (Wildman–Crippen LogP) is 8.79. The second-order valence-corrected chi connectivity index (χ2v) is 8.78. The van der Waals surface area contributed by atoms with Gasteiger partial charge in [0.2, 0.25) is 0 Å². The summed E-state index contributed by atoms with van der Waals surface area (Å²) in [7, 11) is 0. The van der Waals surface area contributed by atoms with Gasteiger partial charge >= 0.3 is 0 Å². The highest BCUT2D eigenvalue weighted by atomic mass is 32.2. The zero-order chi connectivity index (χ0) is 17.9. The number of benzene rings is 1. The lowest BCUT2D eigenvalue weighted by Gasteiger charge is -2.12. The van der Waals surface area contributed by atoms with Gasteiger partial charge in [-0.2, -0.15) is 0 Å². The van der Waals surface area contributed by atoms with Crippen LogP contribution in [0, 0.1) is 0 Å². The Labute approximate surface area is 167 Å². The van der Waals surface area contributed by atoms with Gasteiger partial charge in [-0.1, -0.05) is 48.3 Å². The van der Waals surface area contributed by atoms with Crippen LogP contribution in [0.5, 0.6) is 0 Å². The molecule has 0 bridgehead atoms. The zero-order valence-electron chi connectivity index (χ0n) is 15.7. The molecule has 2 fully saturated rings. The lowest BCUT2D eigenvalue weighted by atomic mass is 9.96. The third kappa shape index (κ3) is 7.25. The summed E-state index contributed by atoms with van der Waals surface area (Å²) in [5.41, 5.74) is 5.81. The molecule has 2 saturated carbocycles. The van der Waals surface area contributed by atoms with E-state index in [1.54, 1.807) is 11.1 Å². The Bertz CT molecular complexity index is 587. The Morgan fingerprint density at radius 1 is 0.538 bits per heavy atom. The van der Waals surface area contributed by atoms with E-state index >= 15 is 0 Å². The third-order valence-corrected chi connectivity index (χ3v) is 6.60. The van der Waals surface area contributed by atoms with Gasteiger partial charge in [-0.3, -0.25) is 0 Å². The number of hydrogen-bond acceptors (Lipinski definition) is 2. The summed E-state index contributed by atoms with van der Waals surface area (Å²) in [6.07, 6.45) is 18.0. The fourth-order valence-electron chi connectivity index (χ4n) is 3.47. The van der Waals surface area contributed by atoms with Crippen molar-refractivity contribution in [2.24, 2.45) is 0 Å². The first-order valence-corrected chi connectivity index (χ1v) is 11.9. The smallest absolute Gasteiger partial charge is 0.0242 e. The minimum absolute atomic E-state index is 1.27. The monoisotopic (exact) mass is 382 g/mol. The summed E-state index contributed by atoms with van der Waals surface area (Å²) in [5, 5.41) is 9.12. The van der Waals surface area contributed by atoms with E-state index in [1.807, 2.05) is 23.5 Å². The van der Waals surface area contributed by atoms with Gasteiger partial charge in [-0.15, -0.1) is 23.5 Å². The highest BCUT2D eigenvalue weighted by Gasteiger charge is 2.04. The largest absolute Gasteiger partial charge is 0.106 e. The predicted molar refractivity (Wildman–Crippen MR) is 122 cm³/mol. The van der Waals surface area contributed by atoms with Crippen LogP contribution in [0.4, 0.5) is 0 Å².